The van der Waals surface area contributed by atoms with Crippen LogP contribution in [-0.2, 0) is 45.2 Å². The molecule has 17 rings (SSSR count). The molecule has 8 bridgehead atoms. The van der Waals surface area contributed by atoms with Crippen LogP contribution in [0.1, 0.15) is 22.3 Å². The number of rotatable bonds is 24. The standard InChI is InChI=1S/C68H40B24N8O4.Zn/c69-81-61-65(85-73,89(61)77)29-33-1-9-37(10-2-33)101-41-17-21-45-49(25-41)57-95-53(45)93-54-47-23-19-43(103-39-13-5-35(6-14-39)31-67(87-75)63(83-71)91(67)79)27-51(47)59(97-54)100-60-52-28-44(104-40-15-7-36(8-16-40)32-68(88-76)64(84-72)92(68)80)20-24-48(52)56(98-60)94-55-46-22-18-42(26-50(46)58(96-55)99-57)102-38-11-3-34(4-12-38)30-66(86-74)62(82-70)90(66)78;/h1-28,61-64H,29-32H2;/q-2;+2/i81+0,82+0,83+0,84+0,85+0,86+0,87+0,88+0,89+0,90+0,91+0,92+0;. The molecular formula is C68H40B24N8O4Zn. The van der Waals surface area contributed by atoms with Gasteiger partial charge in [0.15, 0.2) is 0 Å². The first-order chi connectivity index (χ1) is 50.6. The van der Waals surface area contributed by atoms with E-state index in [0.717, 1.165) is 22.3 Å². The Labute approximate surface area is 647 Å². The maximum atomic E-state index is 6.61. The summed E-state index contributed by atoms with van der Waals surface area (Å²) in [6, 6.07) is 54.0. The van der Waals surface area contributed by atoms with Gasteiger partial charge in [-0.25, -0.2) is 9.97 Å². The Morgan fingerprint density at radius 2 is 0.533 bits per heavy atom. The Kier molecular flexibility index (Phi) is 19.3. The molecule has 12 nitrogen and oxygen atoms in total. The van der Waals surface area contributed by atoms with Crippen LogP contribution >= 0.6 is 0 Å². The molecular weight excluding hydrogens is 1320 g/mol. The average Bonchev–Trinajstić information content (AvgIpc) is 1.57. The predicted molar refractivity (Wildman–Crippen MR) is 439 cm³/mol. The van der Waals surface area contributed by atoms with E-state index < -0.39 is 20.9 Å². The molecule has 9 heterocycles. The van der Waals surface area contributed by atoms with Crippen molar-refractivity contribution < 1.29 is 38.4 Å². The first-order valence-corrected chi connectivity index (χ1v) is 34.4. The monoisotopic (exact) mass is 1360 g/mol. The fourth-order valence-electron chi connectivity index (χ4n) is 15.8. The van der Waals surface area contributed by atoms with Gasteiger partial charge < -0.3 is 48.9 Å². The zero-order valence-electron chi connectivity index (χ0n) is 57.1. The van der Waals surface area contributed by atoms with Crippen molar-refractivity contribution in [3.05, 3.63) is 192 Å². The minimum absolute atomic E-state index is 0. The van der Waals surface area contributed by atoms with Gasteiger partial charge in [-0.15, -0.1) is 43.7 Å². The summed E-state index contributed by atoms with van der Waals surface area (Å²) in [6.07, 6.45) is 2.50. The molecule has 37 heteroatoms. The van der Waals surface area contributed by atoms with Crippen LogP contribution in [0.25, 0.3) is 89.7 Å². The van der Waals surface area contributed by atoms with Crippen molar-refractivity contribution in [2.45, 2.75) is 69.4 Å². The molecule has 11 aromatic rings. The van der Waals surface area contributed by atoms with Crippen molar-refractivity contribution >= 4 is 221 Å². The van der Waals surface area contributed by atoms with Gasteiger partial charge in [-0.05, 0) is 191 Å². The number of hydrogen-bond donors (Lipinski definition) is 0. The molecule has 0 N–H and O–H groups in total. The minimum atomic E-state index is -0.414. The Balaban J connectivity index is 0.00000847. The van der Waals surface area contributed by atoms with E-state index in [1.165, 1.54) is 0 Å². The fraction of sp³-hybridized carbons (Fsp3) is 0.176. The van der Waals surface area contributed by atoms with E-state index in [4.69, 9.17) is 152 Å². The zero-order chi connectivity index (χ0) is 71.6. The molecule has 0 amide bonds. The molecule has 32 radical (unpaired) electrons. The van der Waals surface area contributed by atoms with Gasteiger partial charge in [0.1, 0.15) is 46.0 Å². The second-order valence-corrected chi connectivity index (χ2v) is 28.1. The molecule has 3 aromatic heterocycles. The van der Waals surface area contributed by atoms with Gasteiger partial charge in [-0.3, -0.25) is 0 Å². The number of ether oxygens (including phenoxy) is 4. The van der Waals surface area contributed by atoms with Gasteiger partial charge in [0.2, 0.25) is 0 Å². The fourth-order valence-corrected chi connectivity index (χ4v) is 15.8. The van der Waals surface area contributed by atoms with Gasteiger partial charge in [-0.1, -0.05) is 48.5 Å². The Hall–Kier alpha value is -7.50. The van der Waals surface area contributed by atoms with Crippen LogP contribution in [0, 0.1) is 0 Å². The van der Waals surface area contributed by atoms with Gasteiger partial charge in [-0.2, -0.15) is 0 Å². The van der Waals surface area contributed by atoms with E-state index in [1.54, 1.807) is 57.4 Å². The number of hydrogen-bond acceptors (Lipinski definition) is 10. The van der Waals surface area contributed by atoms with E-state index in [0.29, 0.717) is 161 Å². The van der Waals surface area contributed by atoms with Crippen LogP contribution in [-0.4, -0.2) is 207 Å². The van der Waals surface area contributed by atoms with Gasteiger partial charge in [0.05, 0.1) is 78.4 Å². The summed E-state index contributed by atoms with van der Waals surface area (Å²) in [5.41, 5.74) is 7.88. The largest absolute Gasteiger partial charge is 2.00 e. The van der Waals surface area contributed by atoms with Crippen LogP contribution < -0.4 is 28.9 Å². The molecule has 6 aliphatic heterocycles. The first-order valence-electron chi connectivity index (χ1n) is 34.4. The van der Waals surface area contributed by atoms with E-state index in [1.807, 2.05) is 170 Å². The van der Waals surface area contributed by atoms with Crippen LogP contribution in [0.5, 0.6) is 46.0 Å². The topological polar surface area (TPSA) is 142 Å². The van der Waals surface area contributed by atoms with Crippen LogP contribution in [0.2, 0.25) is 43.7 Å². The van der Waals surface area contributed by atoms with Crippen molar-refractivity contribution in [2.24, 2.45) is 0 Å². The van der Waals surface area contributed by atoms with E-state index >= 15 is 0 Å². The van der Waals surface area contributed by atoms with Crippen molar-refractivity contribution in [3.63, 3.8) is 0 Å². The quantitative estimate of drug-likeness (QED) is 0.0605. The van der Waals surface area contributed by atoms with E-state index in [9.17, 15) is 0 Å². The number of aromatic nitrogens is 8. The molecule has 450 valence electrons. The molecule has 6 aliphatic rings. The molecule has 0 saturated carbocycles. The molecule has 4 saturated heterocycles. The van der Waals surface area contributed by atoms with Crippen molar-refractivity contribution in [3.8, 4) is 91.5 Å². The summed E-state index contributed by atoms with van der Waals surface area (Å²) < 4.78 is 26.5. The van der Waals surface area contributed by atoms with Crippen LogP contribution in [0.3, 0.4) is 0 Å². The molecule has 4 fully saturated rings. The van der Waals surface area contributed by atoms with Crippen LogP contribution in [0.15, 0.2) is 170 Å². The maximum Gasteiger partial charge on any atom is 2.00 e. The summed E-state index contributed by atoms with van der Waals surface area (Å²) in [5.74, 6) is 5.70. The third-order valence-corrected chi connectivity index (χ3v) is 22.4. The zero-order valence-corrected chi connectivity index (χ0v) is 60.0. The smallest absolute Gasteiger partial charge is 0.457 e. The summed E-state index contributed by atoms with van der Waals surface area (Å²) >= 11 is 0. The summed E-state index contributed by atoms with van der Waals surface area (Å²) in [6.45, 7) is -0.644. The van der Waals surface area contributed by atoms with Gasteiger partial charge >= 0.3 is 19.5 Å². The normalized spacial score (nSPS) is 21.9. The maximum absolute atomic E-state index is 6.61. The third-order valence-electron chi connectivity index (χ3n) is 22.4. The van der Waals surface area contributed by atoms with Crippen molar-refractivity contribution in [1.82, 2.24) is 39.9 Å². The number of nitrogens with zero attached hydrogens (tertiary/aromatic N) is 8. The minimum Gasteiger partial charge on any atom is -0.457 e. The second-order valence-electron chi connectivity index (χ2n) is 28.1. The van der Waals surface area contributed by atoms with Crippen molar-refractivity contribution in [1.29, 1.82) is 0 Å². The first kappa shape index (κ1) is 71.7. The predicted octanol–water partition coefficient (Wildman–Crippen LogP) is 6.56. The molecule has 8 atom stereocenters. The molecule has 0 spiro atoms. The Morgan fingerprint density at radius 3 is 0.790 bits per heavy atom. The van der Waals surface area contributed by atoms with Gasteiger partial charge in [0, 0.05) is 166 Å². The second kappa shape index (κ2) is 28.3. The van der Waals surface area contributed by atoms with E-state index in [2.05, 4.69) is 0 Å². The Morgan fingerprint density at radius 1 is 0.295 bits per heavy atom. The summed E-state index contributed by atoms with van der Waals surface area (Å²) in [7, 11) is 87.4. The average molecular weight is 1360 g/mol. The summed E-state index contributed by atoms with van der Waals surface area (Å²) in [4.78, 5) is 42.2. The Bertz CT molecular complexity index is 5050. The third kappa shape index (κ3) is 12.7. The SMILES string of the molecule is [B][11B]C1[11B]([B])C1([11B][B])Cc1ccc(Oc2ccc3c(c2)-c2nc-3nc3[n-]c(nc4nc(nc5[n-]c(n2)c2cc(Oc6ccc(CC7([11B][B])[11B]([B])C7[11B][B])cc6)ccc52)-c2ccc(Oc5ccc(CC6([11B][B])[11B]([B])C6[11B][B])cc5)cc2-4)c2cc(Oc4ccc(CC5([11B][B])[11B]([B])C5[11B][B])cc4)ccc32)cc1.[Zn+2]. The van der Waals surface area contributed by atoms with Gasteiger partial charge in [0.25, 0.3) is 0 Å². The number of benzene rings is 8. The molecule has 8 aromatic carbocycles. The molecule has 105 heavy (non-hydrogen) atoms. The molecule has 0 aliphatic carbocycles. The van der Waals surface area contributed by atoms with E-state index in [-0.39, 0.29) is 68.8 Å². The summed E-state index contributed by atoms with van der Waals surface area (Å²) in [5, 5.41) is 0.892. The van der Waals surface area contributed by atoms with Crippen LogP contribution in [0.4, 0.5) is 0 Å². The van der Waals surface area contributed by atoms with Crippen molar-refractivity contribution in [2.75, 3.05) is 0 Å². The number of fused-ring (bicyclic) bond motifs is 20. The molecule has 8 unspecified atom stereocenters.